The number of nitrogens with zero attached hydrogens (tertiary/aromatic N) is 2. The first-order valence-electron chi connectivity index (χ1n) is 6.53. The third-order valence-corrected chi connectivity index (χ3v) is 3.78. The molecular weight excluding hydrogens is 274 g/mol. The Hall–Kier alpha value is -1.65. The summed E-state index contributed by atoms with van der Waals surface area (Å²) in [4.78, 5) is 12.0. The molecule has 1 aliphatic rings. The fraction of sp³-hybridized carbons (Fsp3) is 0.333. The van der Waals surface area contributed by atoms with Gasteiger partial charge >= 0.3 is 0 Å². The van der Waals surface area contributed by atoms with Crippen LogP contribution in [0.3, 0.4) is 0 Å². The predicted octanol–water partition coefficient (Wildman–Crippen LogP) is 1.89. The van der Waals surface area contributed by atoms with Gasteiger partial charge in [-0.2, -0.15) is 5.10 Å². The molecule has 0 fully saturated rings. The highest BCUT2D eigenvalue weighted by atomic mass is 35.5. The summed E-state index contributed by atoms with van der Waals surface area (Å²) in [5, 5.41) is 4.21. The van der Waals surface area contributed by atoms with Crippen LogP contribution in [0.5, 0.6) is 0 Å². The van der Waals surface area contributed by atoms with Crippen LogP contribution in [0.2, 0.25) is 0 Å². The SMILES string of the molecule is Cl.Cn1cc(-c2cccc3c2CC(=O)C(N)CC3)cn1. The number of carbonyl (C=O) groups is 1. The molecule has 1 heterocycles. The Morgan fingerprint density at radius 1 is 1.40 bits per heavy atom. The van der Waals surface area contributed by atoms with Crippen LogP contribution in [0, 0.1) is 0 Å². The first-order valence-corrected chi connectivity index (χ1v) is 6.53. The van der Waals surface area contributed by atoms with E-state index < -0.39 is 0 Å². The zero-order valence-corrected chi connectivity index (χ0v) is 12.2. The number of benzene rings is 1. The Morgan fingerprint density at radius 2 is 2.20 bits per heavy atom. The largest absolute Gasteiger partial charge is 0.321 e. The molecular formula is C15H18ClN3O. The minimum absolute atomic E-state index is 0. The van der Waals surface area contributed by atoms with Crippen molar-refractivity contribution in [3.63, 3.8) is 0 Å². The van der Waals surface area contributed by atoms with E-state index in [9.17, 15) is 4.79 Å². The number of aryl methyl sites for hydroxylation is 2. The Kier molecular flexibility index (Phi) is 4.26. The second-order valence-electron chi connectivity index (χ2n) is 5.13. The van der Waals surface area contributed by atoms with Crippen molar-refractivity contribution in [2.45, 2.75) is 25.3 Å². The monoisotopic (exact) mass is 291 g/mol. The lowest BCUT2D eigenvalue weighted by Gasteiger charge is -2.10. The summed E-state index contributed by atoms with van der Waals surface area (Å²) in [7, 11) is 1.90. The maximum atomic E-state index is 12.0. The third-order valence-electron chi connectivity index (χ3n) is 3.78. The molecule has 1 atom stereocenters. The highest BCUT2D eigenvalue weighted by Crippen LogP contribution is 2.29. The molecule has 5 heteroatoms. The van der Waals surface area contributed by atoms with Gasteiger partial charge in [-0.3, -0.25) is 9.48 Å². The van der Waals surface area contributed by atoms with Gasteiger partial charge in [-0.25, -0.2) is 0 Å². The van der Waals surface area contributed by atoms with Gasteiger partial charge in [0.2, 0.25) is 0 Å². The lowest BCUT2D eigenvalue weighted by molar-refractivity contribution is -0.119. The van der Waals surface area contributed by atoms with Crippen LogP contribution in [0.1, 0.15) is 17.5 Å². The molecule has 4 nitrogen and oxygen atoms in total. The van der Waals surface area contributed by atoms with Crippen molar-refractivity contribution in [2.24, 2.45) is 12.8 Å². The molecule has 0 amide bonds. The standard InChI is InChI=1S/C15H17N3O.ClH/c1-18-9-11(8-17-18)12-4-2-3-10-5-6-14(16)15(19)7-13(10)12;/h2-4,8-9,14H,5-7,16H2,1H3;1H. The van der Waals surface area contributed by atoms with Crippen molar-refractivity contribution < 1.29 is 4.79 Å². The Balaban J connectivity index is 0.00000147. The van der Waals surface area contributed by atoms with Gasteiger partial charge in [0.1, 0.15) is 0 Å². The quantitative estimate of drug-likeness (QED) is 0.816. The number of halogens is 1. The highest BCUT2D eigenvalue weighted by molar-refractivity contribution is 5.89. The van der Waals surface area contributed by atoms with Crippen LogP contribution < -0.4 is 5.73 Å². The number of fused-ring (bicyclic) bond motifs is 1. The molecule has 0 aliphatic heterocycles. The van der Waals surface area contributed by atoms with Crippen molar-refractivity contribution in [1.29, 1.82) is 0 Å². The summed E-state index contributed by atoms with van der Waals surface area (Å²) in [6.07, 6.45) is 5.86. The van der Waals surface area contributed by atoms with Crippen molar-refractivity contribution in [2.75, 3.05) is 0 Å². The number of carbonyl (C=O) groups excluding carboxylic acids is 1. The second kappa shape index (κ2) is 5.77. The van der Waals surface area contributed by atoms with E-state index in [4.69, 9.17) is 5.73 Å². The topological polar surface area (TPSA) is 60.9 Å². The summed E-state index contributed by atoms with van der Waals surface area (Å²) in [6, 6.07) is 5.87. The lowest BCUT2D eigenvalue weighted by Crippen LogP contribution is -2.30. The summed E-state index contributed by atoms with van der Waals surface area (Å²) in [5.74, 6) is 0.134. The number of rotatable bonds is 1. The average Bonchev–Trinajstić information content (AvgIpc) is 2.77. The minimum atomic E-state index is -0.325. The number of hydrogen-bond acceptors (Lipinski definition) is 3. The second-order valence-corrected chi connectivity index (χ2v) is 5.13. The first-order chi connectivity index (χ1) is 9.15. The van der Waals surface area contributed by atoms with Gasteiger partial charge in [0.25, 0.3) is 0 Å². The van der Waals surface area contributed by atoms with Gasteiger partial charge in [-0.15, -0.1) is 12.4 Å². The van der Waals surface area contributed by atoms with E-state index in [1.54, 1.807) is 4.68 Å². The summed E-state index contributed by atoms with van der Waals surface area (Å²) in [5.41, 5.74) is 10.4. The van der Waals surface area contributed by atoms with Gasteiger partial charge in [-0.05, 0) is 29.5 Å². The van der Waals surface area contributed by atoms with E-state index in [2.05, 4.69) is 17.2 Å². The van der Waals surface area contributed by atoms with Crippen LogP contribution in [-0.4, -0.2) is 21.6 Å². The summed E-state index contributed by atoms with van der Waals surface area (Å²) < 4.78 is 1.78. The summed E-state index contributed by atoms with van der Waals surface area (Å²) >= 11 is 0. The zero-order chi connectivity index (χ0) is 13.4. The van der Waals surface area contributed by atoms with Crippen LogP contribution in [-0.2, 0) is 24.7 Å². The molecule has 3 rings (SSSR count). The van der Waals surface area contributed by atoms with Crippen LogP contribution >= 0.6 is 12.4 Å². The molecule has 106 valence electrons. The van der Waals surface area contributed by atoms with Gasteiger partial charge in [0, 0.05) is 25.2 Å². The average molecular weight is 292 g/mol. The van der Waals surface area contributed by atoms with E-state index in [1.165, 1.54) is 5.56 Å². The normalized spacial score (nSPS) is 18.1. The van der Waals surface area contributed by atoms with Gasteiger partial charge in [0.05, 0.1) is 12.2 Å². The summed E-state index contributed by atoms with van der Waals surface area (Å²) in [6.45, 7) is 0. The molecule has 0 saturated heterocycles. The lowest BCUT2D eigenvalue weighted by atomic mass is 9.94. The molecule has 1 aromatic heterocycles. The molecule has 20 heavy (non-hydrogen) atoms. The van der Waals surface area contributed by atoms with Crippen molar-refractivity contribution in [3.8, 4) is 11.1 Å². The number of Topliss-reactive ketones (excluding diaryl/α,β-unsaturated/α-hetero) is 1. The molecule has 0 bridgehead atoms. The molecule has 1 aromatic carbocycles. The van der Waals surface area contributed by atoms with E-state index >= 15 is 0 Å². The van der Waals surface area contributed by atoms with Crippen LogP contribution in [0.15, 0.2) is 30.6 Å². The maximum Gasteiger partial charge on any atom is 0.153 e. The van der Waals surface area contributed by atoms with Crippen LogP contribution in [0.25, 0.3) is 11.1 Å². The van der Waals surface area contributed by atoms with Crippen molar-refractivity contribution in [3.05, 3.63) is 41.7 Å². The van der Waals surface area contributed by atoms with E-state index in [0.717, 1.165) is 29.5 Å². The molecule has 0 saturated carbocycles. The molecule has 0 spiro atoms. The Morgan fingerprint density at radius 3 is 2.90 bits per heavy atom. The van der Waals surface area contributed by atoms with Crippen molar-refractivity contribution in [1.82, 2.24) is 9.78 Å². The number of nitrogens with two attached hydrogens (primary N) is 1. The number of aromatic nitrogens is 2. The fourth-order valence-corrected chi connectivity index (χ4v) is 2.69. The van der Waals surface area contributed by atoms with Gasteiger partial charge in [0.15, 0.2) is 5.78 Å². The number of ketones is 1. The first kappa shape index (κ1) is 14.8. The third kappa shape index (κ3) is 2.62. The van der Waals surface area contributed by atoms with E-state index in [1.807, 2.05) is 25.5 Å². The van der Waals surface area contributed by atoms with Crippen molar-refractivity contribution >= 4 is 18.2 Å². The zero-order valence-electron chi connectivity index (χ0n) is 11.4. The molecule has 0 radical (unpaired) electrons. The predicted molar refractivity (Wildman–Crippen MR) is 80.9 cm³/mol. The van der Waals surface area contributed by atoms with Crippen LogP contribution in [0.4, 0.5) is 0 Å². The Bertz CT molecular complexity index is 636. The van der Waals surface area contributed by atoms with Gasteiger partial charge < -0.3 is 5.73 Å². The minimum Gasteiger partial charge on any atom is -0.321 e. The molecule has 1 unspecified atom stereocenters. The van der Waals surface area contributed by atoms with E-state index in [0.29, 0.717) is 6.42 Å². The highest BCUT2D eigenvalue weighted by Gasteiger charge is 2.23. The number of hydrogen-bond donors (Lipinski definition) is 1. The van der Waals surface area contributed by atoms with E-state index in [-0.39, 0.29) is 24.2 Å². The molecule has 1 aliphatic carbocycles. The Labute approximate surface area is 124 Å². The smallest absolute Gasteiger partial charge is 0.153 e. The molecule has 2 aromatic rings. The fourth-order valence-electron chi connectivity index (χ4n) is 2.69. The van der Waals surface area contributed by atoms with Gasteiger partial charge in [-0.1, -0.05) is 18.2 Å². The molecule has 2 N–H and O–H groups in total. The maximum absolute atomic E-state index is 12.0.